The molecule has 1 fully saturated rings. The number of amides is 2. The van der Waals surface area contributed by atoms with Gasteiger partial charge in [0.15, 0.2) is 0 Å². The fraction of sp³-hybridized carbons (Fsp3) is 0.500. The Bertz CT molecular complexity index is 917. The topological polar surface area (TPSA) is 70.9 Å². The van der Waals surface area contributed by atoms with Crippen LogP contribution < -0.4 is 14.5 Å². The second kappa shape index (κ2) is 8.77. The van der Waals surface area contributed by atoms with Crippen LogP contribution in [0.1, 0.15) is 25.0 Å². The van der Waals surface area contributed by atoms with E-state index in [0.29, 0.717) is 19.6 Å². The van der Waals surface area contributed by atoms with Crippen molar-refractivity contribution in [2.45, 2.75) is 32.7 Å². The number of fused-ring (bicyclic) bond motifs is 1. The zero-order valence-corrected chi connectivity index (χ0v) is 17.7. The van der Waals surface area contributed by atoms with Crippen molar-refractivity contribution in [3.63, 3.8) is 0 Å². The van der Waals surface area contributed by atoms with Gasteiger partial charge in [-0.1, -0.05) is 6.07 Å². The number of hydrogen-bond donors (Lipinski definition) is 0. The minimum atomic E-state index is -0.000725. The Labute approximate surface area is 177 Å². The molecule has 2 aliphatic rings. The number of carbonyl (C=O) groups is 2. The van der Waals surface area contributed by atoms with Crippen molar-refractivity contribution in [1.29, 1.82) is 0 Å². The quantitative estimate of drug-likeness (QED) is 0.753. The molecule has 160 valence electrons. The van der Waals surface area contributed by atoms with E-state index in [1.807, 2.05) is 40.8 Å². The molecule has 4 rings (SSSR count). The summed E-state index contributed by atoms with van der Waals surface area (Å²) in [5, 5.41) is 4.43. The summed E-state index contributed by atoms with van der Waals surface area (Å²) in [6.07, 6.45) is 1.38. The summed E-state index contributed by atoms with van der Waals surface area (Å²) in [6, 6.07) is 9.92. The molecule has 1 aromatic carbocycles. The number of hydrogen-bond acceptors (Lipinski definition) is 5. The summed E-state index contributed by atoms with van der Waals surface area (Å²) < 4.78 is 7.19. The zero-order valence-electron chi connectivity index (χ0n) is 17.7. The Morgan fingerprint density at radius 2 is 1.77 bits per heavy atom. The number of carbonyl (C=O) groups excluding carboxylic acids is 2. The van der Waals surface area contributed by atoms with Crippen LogP contribution in [0.4, 0.5) is 11.5 Å². The van der Waals surface area contributed by atoms with Gasteiger partial charge in [-0.15, -0.1) is 0 Å². The molecule has 0 atom stereocenters. The van der Waals surface area contributed by atoms with E-state index in [1.54, 1.807) is 12.0 Å². The largest absolute Gasteiger partial charge is 0.497 e. The van der Waals surface area contributed by atoms with Crippen LogP contribution in [0.3, 0.4) is 0 Å². The monoisotopic (exact) mass is 411 g/mol. The Morgan fingerprint density at radius 1 is 1.00 bits per heavy atom. The predicted molar refractivity (Wildman–Crippen MR) is 115 cm³/mol. The van der Waals surface area contributed by atoms with Crippen LogP contribution in [0.2, 0.25) is 0 Å². The van der Waals surface area contributed by atoms with Crippen LogP contribution >= 0.6 is 0 Å². The molecule has 8 heteroatoms. The van der Waals surface area contributed by atoms with Crippen LogP contribution in [0.15, 0.2) is 30.3 Å². The van der Waals surface area contributed by atoms with E-state index >= 15 is 0 Å². The SMILES string of the molecule is COc1cccc(N2CCN(C(=O)CCC(=O)N3CCCn4nc(C)cc43)CC2)c1. The third-order valence-corrected chi connectivity index (χ3v) is 5.81. The van der Waals surface area contributed by atoms with Gasteiger partial charge in [-0.25, -0.2) is 4.68 Å². The first-order chi connectivity index (χ1) is 14.5. The molecule has 0 spiro atoms. The molecule has 1 saturated heterocycles. The molecular weight excluding hydrogens is 382 g/mol. The van der Waals surface area contributed by atoms with E-state index in [4.69, 9.17) is 4.74 Å². The van der Waals surface area contributed by atoms with Crippen LogP contribution in [0, 0.1) is 6.92 Å². The first-order valence-corrected chi connectivity index (χ1v) is 10.6. The summed E-state index contributed by atoms with van der Waals surface area (Å²) in [7, 11) is 1.66. The second-order valence-corrected chi connectivity index (χ2v) is 7.84. The van der Waals surface area contributed by atoms with Crippen molar-refractivity contribution in [2.24, 2.45) is 0 Å². The maximum absolute atomic E-state index is 12.7. The molecule has 2 amide bonds. The lowest BCUT2D eigenvalue weighted by molar-refractivity contribution is -0.133. The molecule has 2 aromatic rings. The number of aryl methyl sites for hydroxylation is 2. The number of nitrogens with zero attached hydrogens (tertiary/aromatic N) is 5. The van der Waals surface area contributed by atoms with Gasteiger partial charge < -0.3 is 14.5 Å². The van der Waals surface area contributed by atoms with E-state index < -0.39 is 0 Å². The lowest BCUT2D eigenvalue weighted by Gasteiger charge is -2.36. The van der Waals surface area contributed by atoms with Crippen LogP contribution in [-0.2, 0) is 16.1 Å². The van der Waals surface area contributed by atoms with E-state index in [1.165, 1.54) is 0 Å². The van der Waals surface area contributed by atoms with Gasteiger partial charge in [-0.05, 0) is 25.5 Å². The second-order valence-electron chi connectivity index (χ2n) is 7.84. The van der Waals surface area contributed by atoms with Crippen molar-refractivity contribution >= 4 is 23.3 Å². The lowest BCUT2D eigenvalue weighted by Crippen LogP contribution is -2.49. The van der Waals surface area contributed by atoms with Gasteiger partial charge in [0, 0.05) is 69.9 Å². The Kier molecular flexibility index (Phi) is 5.92. The highest BCUT2D eigenvalue weighted by atomic mass is 16.5. The molecule has 0 radical (unpaired) electrons. The number of anilines is 2. The molecule has 3 heterocycles. The normalized spacial score (nSPS) is 16.4. The lowest BCUT2D eigenvalue weighted by atomic mass is 10.2. The van der Waals surface area contributed by atoms with Gasteiger partial charge in [0.05, 0.1) is 12.8 Å². The number of aromatic nitrogens is 2. The van der Waals surface area contributed by atoms with E-state index in [2.05, 4.69) is 16.1 Å². The Balaban J connectivity index is 1.28. The van der Waals surface area contributed by atoms with Gasteiger partial charge in [0.2, 0.25) is 11.8 Å². The maximum Gasteiger partial charge on any atom is 0.228 e. The number of rotatable bonds is 5. The molecule has 0 bridgehead atoms. The highest BCUT2D eigenvalue weighted by Gasteiger charge is 2.26. The number of methoxy groups -OCH3 is 1. The smallest absolute Gasteiger partial charge is 0.228 e. The van der Waals surface area contributed by atoms with Crippen molar-refractivity contribution in [3.8, 4) is 5.75 Å². The summed E-state index contributed by atoms with van der Waals surface area (Å²) in [6.45, 7) is 6.35. The summed E-state index contributed by atoms with van der Waals surface area (Å²) in [5.41, 5.74) is 2.02. The van der Waals surface area contributed by atoms with Crippen LogP contribution in [-0.4, -0.2) is 66.3 Å². The average molecular weight is 412 g/mol. The van der Waals surface area contributed by atoms with Gasteiger partial charge in [0.1, 0.15) is 11.6 Å². The molecule has 0 aliphatic carbocycles. The van der Waals surface area contributed by atoms with Gasteiger partial charge in [-0.2, -0.15) is 5.10 Å². The number of piperazine rings is 1. The van der Waals surface area contributed by atoms with Gasteiger partial charge in [-0.3, -0.25) is 14.5 Å². The highest BCUT2D eigenvalue weighted by Crippen LogP contribution is 2.24. The third-order valence-electron chi connectivity index (χ3n) is 5.81. The van der Waals surface area contributed by atoms with E-state index in [-0.39, 0.29) is 24.7 Å². The Morgan fingerprint density at radius 3 is 2.53 bits per heavy atom. The van der Waals surface area contributed by atoms with Crippen molar-refractivity contribution < 1.29 is 14.3 Å². The van der Waals surface area contributed by atoms with Crippen molar-refractivity contribution in [1.82, 2.24) is 14.7 Å². The fourth-order valence-electron chi connectivity index (χ4n) is 4.19. The first kappa shape index (κ1) is 20.3. The van der Waals surface area contributed by atoms with E-state index in [9.17, 15) is 9.59 Å². The average Bonchev–Trinajstić information content (AvgIpc) is 3.17. The molecule has 2 aliphatic heterocycles. The molecular formula is C22H29N5O3. The Hall–Kier alpha value is -3.03. The van der Waals surface area contributed by atoms with Gasteiger partial charge in [0.25, 0.3) is 0 Å². The number of benzene rings is 1. The van der Waals surface area contributed by atoms with Crippen molar-refractivity contribution in [2.75, 3.05) is 49.6 Å². The van der Waals surface area contributed by atoms with Crippen LogP contribution in [0.5, 0.6) is 5.75 Å². The highest BCUT2D eigenvalue weighted by molar-refractivity contribution is 5.95. The molecule has 8 nitrogen and oxygen atoms in total. The summed E-state index contributed by atoms with van der Waals surface area (Å²) in [5.74, 6) is 1.73. The molecule has 0 unspecified atom stereocenters. The minimum absolute atomic E-state index is 0.000725. The minimum Gasteiger partial charge on any atom is -0.497 e. The van der Waals surface area contributed by atoms with Crippen LogP contribution in [0.25, 0.3) is 0 Å². The number of ether oxygens (including phenoxy) is 1. The fourth-order valence-corrected chi connectivity index (χ4v) is 4.19. The standard InChI is InChI=1S/C22H29N5O3/c1-17-15-20-26(9-4-10-27(20)23-17)22(29)8-7-21(28)25-13-11-24(12-14-25)18-5-3-6-19(16-18)30-2/h3,5-6,15-16H,4,7-14H2,1-2H3. The molecule has 0 N–H and O–H groups in total. The first-order valence-electron chi connectivity index (χ1n) is 10.6. The predicted octanol–water partition coefficient (Wildman–Crippen LogP) is 2.07. The van der Waals surface area contributed by atoms with E-state index in [0.717, 1.165) is 49.0 Å². The third kappa shape index (κ3) is 4.27. The molecule has 30 heavy (non-hydrogen) atoms. The summed E-state index contributed by atoms with van der Waals surface area (Å²) >= 11 is 0. The maximum atomic E-state index is 12.7. The molecule has 0 saturated carbocycles. The molecule has 1 aromatic heterocycles. The van der Waals surface area contributed by atoms with Gasteiger partial charge >= 0.3 is 0 Å². The van der Waals surface area contributed by atoms with Crippen molar-refractivity contribution in [3.05, 3.63) is 36.0 Å². The zero-order chi connectivity index (χ0) is 21.1. The summed E-state index contributed by atoms with van der Waals surface area (Å²) in [4.78, 5) is 31.3.